The van der Waals surface area contributed by atoms with Crippen LogP contribution in [0.5, 0.6) is 5.75 Å². The van der Waals surface area contributed by atoms with Crippen LogP contribution in [-0.4, -0.2) is 12.3 Å². The molecule has 4 rings (SSSR count). The number of benzene rings is 4. The Morgan fingerprint density at radius 3 is 1.57 bits per heavy atom. The molecule has 3 heteroatoms. The topological polar surface area (TPSA) is 9.23 Å². The Balaban J connectivity index is 1.64. The maximum atomic E-state index is 13.3. The molecule has 0 aromatic heterocycles. The molecule has 2 atom stereocenters. The largest absolute Gasteiger partial charge is 0.490 e. The predicted octanol–water partition coefficient (Wildman–Crippen LogP) is 8.26. The molecule has 1 nitrogen and oxygen atoms in total. The molecule has 0 aliphatic heterocycles. The fourth-order valence-electron chi connectivity index (χ4n) is 5.12. The van der Waals surface area contributed by atoms with E-state index >= 15 is 0 Å². The van der Waals surface area contributed by atoms with Crippen LogP contribution in [0, 0.1) is 0 Å². The molecule has 0 aliphatic rings. The third kappa shape index (κ3) is 7.08. The highest BCUT2D eigenvalue weighted by Gasteiger charge is 2.45. The van der Waals surface area contributed by atoms with Crippen LogP contribution in [0.3, 0.4) is 0 Å². The Morgan fingerprint density at radius 2 is 1.14 bits per heavy atom. The van der Waals surface area contributed by atoms with E-state index in [-0.39, 0.29) is 6.10 Å². The second kappa shape index (κ2) is 13.5. The molecular formula is C34H39FOP+. The third-order valence-corrected chi connectivity index (χ3v) is 11.4. The molecule has 0 aliphatic carbocycles. The highest BCUT2D eigenvalue weighted by molar-refractivity contribution is 7.95. The van der Waals surface area contributed by atoms with Crippen LogP contribution in [0.4, 0.5) is 4.39 Å². The van der Waals surface area contributed by atoms with Gasteiger partial charge in [0, 0.05) is 0 Å². The van der Waals surface area contributed by atoms with Gasteiger partial charge >= 0.3 is 0 Å². The van der Waals surface area contributed by atoms with Crippen molar-refractivity contribution in [2.24, 2.45) is 0 Å². The first-order valence-corrected chi connectivity index (χ1v) is 15.5. The van der Waals surface area contributed by atoms with Gasteiger partial charge in [-0.1, -0.05) is 80.1 Å². The number of alkyl halides is 1. The Kier molecular flexibility index (Phi) is 9.92. The zero-order valence-corrected chi connectivity index (χ0v) is 23.0. The van der Waals surface area contributed by atoms with E-state index in [9.17, 15) is 4.39 Å². The SMILES string of the molecule is CCCC(CCCC(C)F)Oc1ccc(C[P+](c2ccccc2)(c2ccccc2)c2ccccc2)cc1. The zero-order chi connectivity index (χ0) is 25.9. The number of hydrogen-bond acceptors (Lipinski definition) is 1. The van der Waals surface area contributed by atoms with Crippen molar-refractivity contribution in [2.75, 3.05) is 0 Å². The summed E-state index contributed by atoms with van der Waals surface area (Å²) in [4.78, 5) is 0. The van der Waals surface area contributed by atoms with E-state index < -0.39 is 13.4 Å². The highest BCUT2D eigenvalue weighted by Crippen LogP contribution is 2.58. The van der Waals surface area contributed by atoms with Crippen LogP contribution in [-0.2, 0) is 6.16 Å². The summed E-state index contributed by atoms with van der Waals surface area (Å²) in [7, 11) is -1.93. The molecule has 0 saturated carbocycles. The van der Waals surface area contributed by atoms with Gasteiger partial charge in [0.05, 0.1) is 18.4 Å². The molecule has 0 fully saturated rings. The summed E-state index contributed by atoms with van der Waals surface area (Å²) in [6.45, 7) is 3.81. The fourth-order valence-corrected chi connectivity index (χ4v) is 9.36. The average Bonchev–Trinajstić information content (AvgIpc) is 2.94. The lowest BCUT2D eigenvalue weighted by atomic mass is 10.1. The summed E-state index contributed by atoms with van der Waals surface area (Å²) >= 11 is 0. The van der Waals surface area contributed by atoms with Gasteiger partial charge in [0.25, 0.3) is 0 Å². The summed E-state index contributed by atoms with van der Waals surface area (Å²) in [5, 5.41) is 4.16. The van der Waals surface area contributed by atoms with E-state index in [0.717, 1.165) is 37.6 Å². The van der Waals surface area contributed by atoms with Crippen LogP contribution < -0.4 is 20.7 Å². The maximum Gasteiger partial charge on any atom is 0.119 e. The molecule has 192 valence electrons. The molecule has 0 bridgehead atoms. The standard InChI is InChI=1S/C34H39FOP/c1-3-14-30(16-13-15-28(2)35)36-31-25-23-29(24-26-31)27-37(32-17-7-4-8-18-32,33-19-9-5-10-20-33)34-21-11-6-12-22-34/h4-12,17-26,28,30H,3,13-16,27H2,1-2H3/q+1. The van der Waals surface area contributed by atoms with E-state index in [1.165, 1.54) is 21.5 Å². The van der Waals surface area contributed by atoms with Crippen molar-refractivity contribution in [2.45, 2.75) is 64.4 Å². The van der Waals surface area contributed by atoms with Crippen LogP contribution in [0.1, 0.15) is 51.5 Å². The molecule has 0 N–H and O–H groups in total. The van der Waals surface area contributed by atoms with E-state index in [1.807, 2.05) is 0 Å². The number of ether oxygens (including phenoxy) is 1. The molecule has 0 amide bonds. The normalized spacial score (nSPS) is 13.2. The Labute approximate surface area is 223 Å². The number of halogens is 1. The van der Waals surface area contributed by atoms with Gasteiger partial charge in [-0.25, -0.2) is 4.39 Å². The quantitative estimate of drug-likeness (QED) is 0.164. The van der Waals surface area contributed by atoms with Crippen molar-refractivity contribution in [3.8, 4) is 5.75 Å². The Bertz CT molecular complexity index is 1080. The van der Waals surface area contributed by atoms with E-state index in [1.54, 1.807) is 6.92 Å². The molecule has 37 heavy (non-hydrogen) atoms. The van der Waals surface area contributed by atoms with Crippen molar-refractivity contribution >= 4 is 23.2 Å². The minimum Gasteiger partial charge on any atom is -0.490 e. The van der Waals surface area contributed by atoms with E-state index in [0.29, 0.717) is 6.42 Å². The zero-order valence-electron chi connectivity index (χ0n) is 22.1. The summed E-state index contributed by atoms with van der Waals surface area (Å²) in [5.41, 5.74) is 1.30. The van der Waals surface area contributed by atoms with Crippen LogP contribution in [0.15, 0.2) is 115 Å². The molecule has 0 heterocycles. The lowest BCUT2D eigenvalue weighted by Gasteiger charge is -2.28. The molecule has 4 aromatic carbocycles. The second-order valence-corrected chi connectivity index (χ2v) is 13.3. The van der Waals surface area contributed by atoms with Gasteiger partial charge in [0.2, 0.25) is 0 Å². The molecule has 0 spiro atoms. The molecule has 4 aromatic rings. The van der Waals surface area contributed by atoms with Crippen LogP contribution in [0.25, 0.3) is 0 Å². The highest BCUT2D eigenvalue weighted by atomic mass is 31.2. The van der Waals surface area contributed by atoms with Crippen LogP contribution in [0.2, 0.25) is 0 Å². The molecule has 2 unspecified atom stereocenters. The lowest BCUT2D eigenvalue weighted by molar-refractivity contribution is 0.171. The Hall–Kier alpha value is -2.96. The third-order valence-electron chi connectivity index (χ3n) is 6.98. The van der Waals surface area contributed by atoms with Gasteiger partial charge in [-0.3, -0.25) is 0 Å². The monoisotopic (exact) mass is 513 g/mol. The van der Waals surface area contributed by atoms with Gasteiger partial charge < -0.3 is 4.74 Å². The first-order valence-electron chi connectivity index (χ1n) is 13.6. The summed E-state index contributed by atoms with van der Waals surface area (Å²) < 4.78 is 19.6. The Morgan fingerprint density at radius 1 is 0.649 bits per heavy atom. The number of rotatable bonds is 13. The predicted molar refractivity (Wildman–Crippen MR) is 159 cm³/mol. The summed E-state index contributed by atoms with van der Waals surface area (Å²) in [6.07, 6.45) is 4.75. The van der Waals surface area contributed by atoms with Crippen molar-refractivity contribution in [1.29, 1.82) is 0 Å². The first-order chi connectivity index (χ1) is 18.1. The van der Waals surface area contributed by atoms with Crippen molar-refractivity contribution < 1.29 is 9.13 Å². The lowest BCUT2D eigenvalue weighted by Crippen LogP contribution is -2.32. The summed E-state index contributed by atoms with van der Waals surface area (Å²) in [6, 6.07) is 41.7. The first kappa shape index (κ1) is 27.1. The average molecular weight is 514 g/mol. The minimum absolute atomic E-state index is 0.138. The molecule has 0 radical (unpaired) electrons. The van der Waals surface area contributed by atoms with E-state index in [4.69, 9.17) is 4.74 Å². The van der Waals surface area contributed by atoms with Crippen LogP contribution >= 0.6 is 7.26 Å². The van der Waals surface area contributed by atoms with Gasteiger partial charge in [-0.15, -0.1) is 0 Å². The number of hydrogen-bond donors (Lipinski definition) is 0. The minimum atomic E-state index is -1.93. The van der Waals surface area contributed by atoms with Gasteiger partial charge in [0.15, 0.2) is 0 Å². The van der Waals surface area contributed by atoms with Crippen molar-refractivity contribution in [3.63, 3.8) is 0 Å². The van der Waals surface area contributed by atoms with Crippen molar-refractivity contribution in [3.05, 3.63) is 121 Å². The molecule has 0 saturated heterocycles. The molecular weight excluding hydrogens is 474 g/mol. The maximum absolute atomic E-state index is 13.3. The van der Waals surface area contributed by atoms with Gasteiger partial charge in [-0.2, -0.15) is 0 Å². The second-order valence-electron chi connectivity index (χ2n) is 9.86. The van der Waals surface area contributed by atoms with Gasteiger partial charge in [0.1, 0.15) is 28.9 Å². The summed E-state index contributed by atoms with van der Waals surface area (Å²) in [5.74, 6) is 0.901. The van der Waals surface area contributed by atoms with Crippen molar-refractivity contribution in [1.82, 2.24) is 0 Å². The smallest absolute Gasteiger partial charge is 0.119 e. The fraction of sp³-hybridized carbons (Fsp3) is 0.294. The van der Waals surface area contributed by atoms with Gasteiger partial charge in [-0.05, 0) is 86.7 Å². The van der Waals surface area contributed by atoms with E-state index in [2.05, 4.69) is 122 Å².